The first-order chi connectivity index (χ1) is 8.74. The number of carbonyl (C=O) groups excluding carboxylic acids is 1. The number of nitrogens with zero attached hydrogens (tertiary/aromatic N) is 1. The molecule has 2 N–H and O–H groups in total. The molecule has 2 rings (SSSR count). The third kappa shape index (κ3) is 2.72. The van der Waals surface area contributed by atoms with Crippen LogP contribution in [0.2, 0.25) is 0 Å². The molecule has 1 fully saturated rings. The molecule has 0 unspecified atom stereocenters. The number of amides is 1. The number of methoxy groups -OCH3 is 1. The lowest BCUT2D eigenvalue weighted by atomic mass is 10.1. The molecule has 1 aromatic carbocycles. The summed E-state index contributed by atoms with van der Waals surface area (Å²) in [5.74, 6) is 2.62. The van der Waals surface area contributed by atoms with Crippen LogP contribution in [0.5, 0.6) is 5.75 Å². The number of nitrogens with two attached hydrogens (primary N) is 1. The Balaban J connectivity index is 2.24. The molecule has 1 amide bonds. The molecule has 1 aliphatic rings. The van der Waals surface area contributed by atoms with Crippen LogP contribution in [0, 0.1) is 0 Å². The number of hydrogen-bond donors (Lipinski definition) is 1. The summed E-state index contributed by atoms with van der Waals surface area (Å²) in [6, 6.07) is 5.31. The maximum Gasteiger partial charge on any atom is 0.257 e. The second-order valence-electron chi connectivity index (χ2n) is 4.19. The molecular weight excluding hydrogens is 248 g/mol. The molecule has 1 saturated heterocycles. The lowest BCUT2D eigenvalue weighted by molar-refractivity contribution is 0.0765. The highest BCUT2D eigenvalue weighted by Crippen LogP contribution is 2.27. The van der Waals surface area contributed by atoms with Crippen molar-refractivity contribution < 1.29 is 9.53 Å². The molecule has 0 bridgehead atoms. The number of hydrogen-bond acceptors (Lipinski definition) is 4. The predicted octanol–water partition coefficient (Wildman–Crippen LogP) is 1.86. The van der Waals surface area contributed by atoms with Crippen LogP contribution in [0.1, 0.15) is 16.8 Å². The molecule has 98 valence electrons. The zero-order chi connectivity index (χ0) is 13.0. The maximum absolute atomic E-state index is 12.5. The third-order valence-corrected chi connectivity index (χ3v) is 4.04. The van der Waals surface area contributed by atoms with Crippen molar-refractivity contribution in [1.82, 2.24) is 4.90 Å². The SMILES string of the molecule is COc1c(N)cccc1C(=O)N1CCCSCC1. The normalized spacial score (nSPS) is 16.2. The minimum atomic E-state index is 0.0154. The van der Waals surface area contributed by atoms with Gasteiger partial charge < -0.3 is 15.4 Å². The zero-order valence-electron chi connectivity index (χ0n) is 10.5. The second kappa shape index (κ2) is 6.00. The van der Waals surface area contributed by atoms with Crippen molar-refractivity contribution in [2.75, 3.05) is 37.4 Å². The van der Waals surface area contributed by atoms with E-state index in [1.54, 1.807) is 25.3 Å². The highest BCUT2D eigenvalue weighted by molar-refractivity contribution is 7.99. The number of benzene rings is 1. The van der Waals surface area contributed by atoms with Crippen molar-refractivity contribution in [3.63, 3.8) is 0 Å². The highest BCUT2D eigenvalue weighted by Gasteiger charge is 2.21. The third-order valence-electron chi connectivity index (χ3n) is 2.99. The van der Waals surface area contributed by atoms with Crippen molar-refractivity contribution in [3.8, 4) is 5.75 Å². The topological polar surface area (TPSA) is 55.6 Å². The van der Waals surface area contributed by atoms with Crippen LogP contribution >= 0.6 is 11.8 Å². The van der Waals surface area contributed by atoms with Gasteiger partial charge in [0, 0.05) is 18.8 Å². The van der Waals surface area contributed by atoms with E-state index in [4.69, 9.17) is 10.5 Å². The van der Waals surface area contributed by atoms with Gasteiger partial charge in [-0.3, -0.25) is 4.79 Å². The van der Waals surface area contributed by atoms with E-state index < -0.39 is 0 Å². The van der Waals surface area contributed by atoms with Crippen LogP contribution in [0.3, 0.4) is 0 Å². The summed E-state index contributed by atoms with van der Waals surface area (Å²) in [5.41, 5.74) is 6.90. The number of carbonyl (C=O) groups is 1. The number of para-hydroxylation sites is 1. The second-order valence-corrected chi connectivity index (χ2v) is 5.41. The number of thioether (sulfide) groups is 1. The van der Waals surface area contributed by atoms with Gasteiger partial charge in [-0.05, 0) is 24.3 Å². The Bertz CT molecular complexity index is 429. The molecule has 0 radical (unpaired) electrons. The van der Waals surface area contributed by atoms with Crippen LogP contribution in [0.25, 0.3) is 0 Å². The molecule has 18 heavy (non-hydrogen) atoms. The van der Waals surface area contributed by atoms with E-state index in [0.29, 0.717) is 17.0 Å². The average Bonchev–Trinajstić information content (AvgIpc) is 2.66. The summed E-state index contributed by atoms with van der Waals surface area (Å²) in [4.78, 5) is 14.4. The Labute approximate surface area is 111 Å². The van der Waals surface area contributed by atoms with E-state index in [-0.39, 0.29) is 5.91 Å². The van der Waals surface area contributed by atoms with Gasteiger partial charge in [0.2, 0.25) is 0 Å². The van der Waals surface area contributed by atoms with Gasteiger partial charge in [-0.2, -0.15) is 11.8 Å². The molecule has 4 nitrogen and oxygen atoms in total. The molecule has 1 aliphatic heterocycles. The minimum absolute atomic E-state index is 0.0154. The summed E-state index contributed by atoms with van der Waals surface area (Å²) < 4.78 is 5.24. The molecule has 5 heteroatoms. The molecule has 1 heterocycles. The Kier molecular flexibility index (Phi) is 4.36. The van der Waals surface area contributed by atoms with Gasteiger partial charge in [-0.1, -0.05) is 6.07 Å². The molecule has 0 saturated carbocycles. The van der Waals surface area contributed by atoms with E-state index in [9.17, 15) is 4.79 Å². The number of anilines is 1. The summed E-state index contributed by atoms with van der Waals surface area (Å²) in [5, 5.41) is 0. The van der Waals surface area contributed by atoms with Gasteiger partial charge in [-0.15, -0.1) is 0 Å². The van der Waals surface area contributed by atoms with Crippen molar-refractivity contribution in [3.05, 3.63) is 23.8 Å². The first-order valence-corrected chi connectivity index (χ1v) is 7.19. The Morgan fingerprint density at radius 3 is 3.00 bits per heavy atom. The molecule has 0 spiro atoms. The smallest absolute Gasteiger partial charge is 0.257 e. The molecular formula is C13H18N2O2S. The Hall–Kier alpha value is -1.36. The van der Waals surface area contributed by atoms with Gasteiger partial charge >= 0.3 is 0 Å². The van der Waals surface area contributed by atoms with E-state index in [1.807, 2.05) is 16.7 Å². The van der Waals surface area contributed by atoms with Gasteiger partial charge in [0.25, 0.3) is 5.91 Å². The summed E-state index contributed by atoms with van der Waals surface area (Å²) in [7, 11) is 1.54. The largest absolute Gasteiger partial charge is 0.494 e. The quantitative estimate of drug-likeness (QED) is 0.830. The lowest BCUT2D eigenvalue weighted by Gasteiger charge is -2.21. The monoisotopic (exact) mass is 266 g/mol. The summed E-state index contributed by atoms with van der Waals surface area (Å²) in [6.07, 6.45) is 1.04. The van der Waals surface area contributed by atoms with Crippen LogP contribution in [-0.2, 0) is 0 Å². The first kappa shape index (κ1) is 13.1. The van der Waals surface area contributed by atoms with E-state index in [2.05, 4.69) is 0 Å². The highest BCUT2D eigenvalue weighted by atomic mass is 32.2. The maximum atomic E-state index is 12.5. The Morgan fingerprint density at radius 1 is 1.39 bits per heavy atom. The van der Waals surface area contributed by atoms with Gasteiger partial charge in [-0.25, -0.2) is 0 Å². The van der Waals surface area contributed by atoms with Crippen LogP contribution in [0.15, 0.2) is 18.2 Å². The molecule has 0 aliphatic carbocycles. The molecule has 1 aromatic rings. The van der Waals surface area contributed by atoms with E-state index in [0.717, 1.165) is 31.0 Å². The van der Waals surface area contributed by atoms with Crippen LogP contribution in [0.4, 0.5) is 5.69 Å². The van der Waals surface area contributed by atoms with Crippen molar-refractivity contribution >= 4 is 23.4 Å². The fraction of sp³-hybridized carbons (Fsp3) is 0.462. The Morgan fingerprint density at radius 2 is 2.22 bits per heavy atom. The molecule has 0 atom stereocenters. The fourth-order valence-electron chi connectivity index (χ4n) is 2.07. The fourth-order valence-corrected chi connectivity index (χ4v) is 2.96. The van der Waals surface area contributed by atoms with E-state index in [1.165, 1.54) is 0 Å². The number of nitrogen functional groups attached to an aromatic ring is 1. The van der Waals surface area contributed by atoms with Crippen molar-refractivity contribution in [2.45, 2.75) is 6.42 Å². The summed E-state index contributed by atoms with van der Waals surface area (Å²) >= 11 is 1.90. The van der Waals surface area contributed by atoms with Crippen molar-refractivity contribution in [2.24, 2.45) is 0 Å². The lowest BCUT2D eigenvalue weighted by Crippen LogP contribution is -2.33. The number of rotatable bonds is 2. The van der Waals surface area contributed by atoms with Crippen LogP contribution in [-0.4, -0.2) is 42.5 Å². The predicted molar refractivity (Wildman–Crippen MR) is 75.3 cm³/mol. The van der Waals surface area contributed by atoms with Crippen molar-refractivity contribution in [1.29, 1.82) is 0 Å². The van der Waals surface area contributed by atoms with Gasteiger partial charge in [0.15, 0.2) is 5.75 Å². The van der Waals surface area contributed by atoms with Crippen LogP contribution < -0.4 is 10.5 Å². The van der Waals surface area contributed by atoms with Gasteiger partial charge in [0.05, 0.1) is 18.4 Å². The summed E-state index contributed by atoms with van der Waals surface area (Å²) in [6.45, 7) is 1.60. The minimum Gasteiger partial charge on any atom is -0.494 e. The standard InChI is InChI=1S/C13H18N2O2S/c1-17-12-10(4-2-5-11(12)14)13(16)15-6-3-8-18-9-7-15/h2,4-5H,3,6-9,14H2,1H3. The first-order valence-electron chi connectivity index (χ1n) is 6.03. The number of ether oxygens (including phenoxy) is 1. The average molecular weight is 266 g/mol. The zero-order valence-corrected chi connectivity index (χ0v) is 11.3. The van der Waals surface area contributed by atoms with Gasteiger partial charge in [0.1, 0.15) is 0 Å². The van der Waals surface area contributed by atoms with E-state index >= 15 is 0 Å². The molecule has 0 aromatic heterocycles.